The van der Waals surface area contributed by atoms with E-state index in [-0.39, 0.29) is 0 Å². The lowest BCUT2D eigenvalue weighted by Gasteiger charge is -2.17. The Labute approximate surface area is 70.6 Å². The second kappa shape index (κ2) is 3.57. The second-order valence-electron chi connectivity index (χ2n) is 4.20. The van der Waals surface area contributed by atoms with Crippen LogP contribution in [0.25, 0.3) is 0 Å². The van der Waals surface area contributed by atoms with Gasteiger partial charge in [0.05, 0.1) is 0 Å². The van der Waals surface area contributed by atoms with E-state index in [1.165, 1.54) is 32.2 Å². The maximum atomic E-state index is 3.62. The molecule has 0 bridgehead atoms. The molecule has 0 atom stereocenters. The van der Waals surface area contributed by atoms with Crippen LogP contribution in [0.3, 0.4) is 0 Å². The average Bonchev–Trinajstić information content (AvgIpc) is 2.71. The molecule has 11 heavy (non-hydrogen) atoms. The molecule has 0 aromatic rings. The highest BCUT2D eigenvalue weighted by Gasteiger charge is 2.36. The predicted molar refractivity (Wildman–Crippen MR) is 49.7 cm³/mol. The first-order valence-corrected chi connectivity index (χ1v) is 4.93. The molecule has 1 aliphatic rings. The van der Waals surface area contributed by atoms with Gasteiger partial charge in [-0.3, -0.25) is 0 Å². The van der Waals surface area contributed by atoms with E-state index in [0.29, 0.717) is 5.41 Å². The third kappa shape index (κ3) is 2.82. The van der Waals surface area contributed by atoms with Gasteiger partial charge < -0.3 is 5.32 Å². The largest absolute Gasteiger partial charge is 0.313 e. The smallest absolute Gasteiger partial charge is 0.00620 e. The van der Waals surface area contributed by atoms with E-state index < -0.39 is 0 Å². The highest BCUT2D eigenvalue weighted by Crippen LogP contribution is 2.44. The van der Waals surface area contributed by atoms with Crippen LogP contribution in [0.4, 0.5) is 0 Å². The number of hydrogen-bond acceptors (Lipinski definition) is 1. The van der Waals surface area contributed by atoms with E-state index in [1.54, 1.807) is 0 Å². The minimum absolute atomic E-state index is 0.669. The van der Waals surface area contributed by atoms with E-state index >= 15 is 0 Å². The van der Waals surface area contributed by atoms with Crippen LogP contribution < -0.4 is 5.32 Å². The van der Waals surface area contributed by atoms with Gasteiger partial charge in [0.15, 0.2) is 0 Å². The van der Waals surface area contributed by atoms with Gasteiger partial charge in [0.2, 0.25) is 0 Å². The van der Waals surface area contributed by atoms with Crippen LogP contribution in [0.2, 0.25) is 0 Å². The van der Waals surface area contributed by atoms with Crippen LogP contribution in [-0.4, -0.2) is 12.6 Å². The highest BCUT2D eigenvalue weighted by atomic mass is 14.9. The zero-order valence-electron chi connectivity index (χ0n) is 8.11. The summed E-state index contributed by atoms with van der Waals surface area (Å²) in [4.78, 5) is 0. The molecule has 0 aromatic carbocycles. The third-order valence-electron chi connectivity index (χ3n) is 2.91. The van der Waals surface area contributed by atoms with E-state index in [0.717, 1.165) is 6.04 Å². The molecule has 1 N–H and O–H groups in total. The second-order valence-corrected chi connectivity index (χ2v) is 4.20. The molecule has 0 aliphatic heterocycles. The van der Waals surface area contributed by atoms with Crippen molar-refractivity contribution < 1.29 is 0 Å². The Hall–Kier alpha value is -0.0400. The van der Waals surface area contributed by atoms with E-state index in [9.17, 15) is 0 Å². The van der Waals surface area contributed by atoms with Crippen molar-refractivity contribution in [2.24, 2.45) is 5.41 Å². The van der Waals surface area contributed by atoms with Crippen LogP contribution in [-0.2, 0) is 0 Å². The molecule has 0 aromatic heterocycles. The molecule has 0 amide bonds. The SMILES string of the molecule is CCC(CC)NCC1(C)CC1. The van der Waals surface area contributed by atoms with Gasteiger partial charge in [-0.05, 0) is 31.1 Å². The van der Waals surface area contributed by atoms with Gasteiger partial charge in [0.25, 0.3) is 0 Å². The summed E-state index contributed by atoms with van der Waals surface area (Å²) in [6, 6.07) is 0.757. The molecule has 0 saturated heterocycles. The maximum absolute atomic E-state index is 3.62. The first kappa shape index (κ1) is 9.05. The molecule has 1 rings (SSSR count). The quantitative estimate of drug-likeness (QED) is 0.643. The van der Waals surface area contributed by atoms with Gasteiger partial charge >= 0.3 is 0 Å². The number of rotatable bonds is 5. The minimum Gasteiger partial charge on any atom is -0.313 e. The highest BCUT2D eigenvalue weighted by molar-refractivity contribution is 4.90. The van der Waals surface area contributed by atoms with Crippen molar-refractivity contribution in [1.82, 2.24) is 5.32 Å². The summed E-state index contributed by atoms with van der Waals surface area (Å²) in [5, 5.41) is 3.62. The molecule has 0 unspecified atom stereocenters. The van der Waals surface area contributed by atoms with Crippen LogP contribution in [0.5, 0.6) is 0 Å². The first-order chi connectivity index (χ1) is 5.20. The standard InChI is InChI=1S/C10H21N/c1-4-9(5-2)11-8-10(3)6-7-10/h9,11H,4-8H2,1-3H3. The van der Waals surface area contributed by atoms with E-state index in [1.807, 2.05) is 0 Å². The zero-order chi connectivity index (χ0) is 8.32. The Bertz CT molecular complexity index is 112. The van der Waals surface area contributed by atoms with Crippen molar-refractivity contribution in [3.63, 3.8) is 0 Å². The molecule has 1 saturated carbocycles. The van der Waals surface area contributed by atoms with Crippen LogP contribution >= 0.6 is 0 Å². The molecule has 0 heterocycles. The van der Waals surface area contributed by atoms with E-state index in [4.69, 9.17) is 0 Å². The Morgan fingerprint density at radius 3 is 2.18 bits per heavy atom. The number of nitrogens with one attached hydrogen (secondary N) is 1. The molecule has 0 radical (unpaired) electrons. The van der Waals surface area contributed by atoms with Crippen molar-refractivity contribution in [3.05, 3.63) is 0 Å². The van der Waals surface area contributed by atoms with Crippen molar-refractivity contribution in [1.29, 1.82) is 0 Å². The maximum Gasteiger partial charge on any atom is 0.00620 e. The Morgan fingerprint density at radius 1 is 1.27 bits per heavy atom. The molecular weight excluding hydrogens is 134 g/mol. The lowest BCUT2D eigenvalue weighted by molar-refractivity contribution is 0.417. The van der Waals surface area contributed by atoms with Gasteiger partial charge in [-0.25, -0.2) is 0 Å². The van der Waals surface area contributed by atoms with E-state index in [2.05, 4.69) is 26.1 Å². The monoisotopic (exact) mass is 155 g/mol. The summed E-state index contributed by atoms with van der Waals surface area (Å²) in [6.45, 7) is 8.13. The Balaban J connectivity index is 2.09. The fourth-order valence-electron chi connectivity index (χ4n) is 1.36. The zero-order valence-corrected chi connectivity index (χ0v) is 8.11. The molecule has 66 valence electrons. The normalized spacial score (nSPS) is 20.7. The predicted octanol–water partition coefficient (Wildman–Crippen LogP) is 2.56. The fourth-order valence-corrected chi connectivity index (χ4v) is 1.36. The average molecular weight is 155 g/mol. The summed E-state index contributed by atoms with van der Waals surface area (Å²) in [6.07, 6.45) is 5.40. The lowest BCUT2D eigenvalue weighted by Crippen LogP contribution is -2.32. The Kier molecular flexibility index (Phi) is 2.94. The lowest BCUT2D eigenvalue weighted by atomic mass is 10.1. The molecule has 1 nitrogen and oxygen atoms in total. The molecule has 1 heteroatoms. The minimum atomic E-state index is 0.669. The van der Waals surface area contributed by atoms with Crippen LogP contribution in [0.15, 0.2) is 0 Å². The molecular formula is C10H21N. The van der Waals surface area contributed by atoms with Crippen molar-refractivity contribution in [3.8, 4) is 0 Å². The third-order valence-corrected chi connectivity index (χ3v) is 2.91. The summed E-state index contributed by atoms with van der Waals surface area (Å²) < 4.78 is 0. The fraction of sp³-hybridized carbons (Fsp3) is 1.00. The first-order valence-electron chi connectivity index (χ1n) is 4.93. The van der Waals surface area contributed by atoms with Crippen LogP contribution in [0, 0.1) is 5.41 Å². The van der Waals surface area contributed by atoms with Crippen LogP contribution in [0.1, 0.15) is 46.5 Å². The van der Waals surface area contributed by atoms with Gasteiger partial charge in [-0.1, -0.05) is 20.8 Å². The van der Waals surface area contributed by atoms with Gasteiger partial charge in [-0.2, -0.15) is 0 Å². The summed E-state index contributed by atoms with van der Waals surface area (Å²) in [5.41, 5.74) is 0.669. The van der Waals surface area contributed by atoms with Crippen molar-refractivity contribution >= 4 is 0 Å². The summed E-state index contributed by atoms with van der Waals surface area (Å²) in [7, 11) is 0. The topological polar surface area (TPSA) is 12.0 Å². The molecule has 1 fully saturated rings. The molecule has 1 aliphatic carbocycles. The van der Waals surface area contributed by atoms with Crippen molar-refractivity contribution in [2.75, 3.05) is 6.54 Å². The summed E-state index contributed by atoms with van der Waals surface area (Å²) in [5.74, 6) is 0. The van der Waals surface area contributed by atoms with Gasteiger partial charge in [-0.15, -0.1) is 0 Å². The Morgan fingerprint density at radius 2 is 1.82 bits per heavy atom. The van der Waals surface area contributed by atoms with Gasteiger partial charge in [0.1, 0.15) is 0 Å². The molecule has 0 spiro atoms. The van der Waals surface area contributed by atoms with Gasteiger partial charge in [0, 0.05) is 12.6 Å². The van der Waals surface area contributed by atoms with Crippen molar-refractivity contribution in [2.45, 2.75) is 52.5 Å². The summed E-state index contributed by atoms with van der Waals surface area (Å²) >= 11 is 0. The number of hydrogen-bond donors (Lipinski definition) is 1.